The fourth-order valence-electron chi connectivity index (χ4n) is 9.53. The SMILES string of the molecule is c1cc(-c2ncc3c4ccccc4c4cnc(-c5cccc(-n6c7ccccc7n7c8ccccc8nc67)c5)nc4c3n2)cc(-n2c3ccccc3n3c4ccccc4nc23)c1. The smallest absolute Gasteiger partial charge is 0.220 e. The first-order valence-corrected chi connectivity index (χ1v) is 20.5. The maximum atomic E-state index is 5.34. The average Bonchev–Trinajstić information content (AvgIpc) is 4.08. The summed E-state index contributed by atoms with van der Waals surface area (Å²) in [6, 6.07) is 58.5. The molecule has 0 bridgehead atoms. The molecular formula is C52H30N10. The second kappa shape index (κ2) is 12.4. The van der Waals surface area contributed by atoms with E-state index < -0.39 is 0 Å². The molecule has 288 valence electrons. The van der Waals surface area contributed by atoms with Crippen molar-refractivity contribution in [3.63, 3.8) is 0 Å². The number of nitrogens with zero attached hydrogens (tertiary/aromatic N) is 10. The van der Waals surface area contributed by atoms with Gasteiger partial charge in [-0.15, -0.1) is 0 Å². The van der Waals surface area contributed by atoms with Crippen LogP contribution in [0.3, 0.4) is 0 Å². The van der Waals surface area contributed by atoms with Gasteiger partial charge in [0.2, 0.25) is 11.6 Å². The highest BCUT2D eigenvalue weighted by Gasteiger charge is 2.21. The molecular weight excluding hydrogens is 765 g/mol. The Hall–Kier alpha value is -8.76. The van der Waals surface area contributed by atoms with Gasteiger partial charge in [0.25, 0.3) is 0 Å². The van der Waals surface area contributed by atoms with Gasteiger partial charge in [-0.3, -0.25) is 17.9 Å². The first-order valence-electron chi connectivity index (χ1n) is 20.5. The molecule has 0 aliphatic rings. The van der Waals surface area contributed by atoms with Crippen LogP contribution in [-0.4, -0.2) is 47.8 Å². The van der Waals surface area contributed by atoms with Gasteiger partial charge in [-0.05, 0) is 83.6 Å². The Morgan fingerprint density at radius 3 is 1.19 bits per heavy atom. The van der Waals surface area contributed by atoms with Crippen LogP contribution in [0.5, 0.6) is 0 Å². The minimum atomic E-state index is 0.606. The highest BCUT2D eigenvalue weighted by atomic mass is 15.2. The maximum absolute atomic E-state index is 5.34. The fraction of sp³-hybridized carbons (Fsp3) is 0. The quantitative estimate of drug-likeness (QED) is 0.165. The minimum Gasteiger partial charge on any atom is -0.278 e. The van der Waals surface area contributed by atoms with Gasteiger partial charge in [-0.1, -0.05) is 97.1 Å². The first-order chi connectivity index (χ1) is 30.7. The zero-order chi connectivity index (χ0) is 40.5. The van der Waals surface area contributed by atoms with Gasteiger partial charge < -0.3 is 0 Å². The Kier molecular flexibility index (Phi) is 6.61. The first kappa shape index (κ1) is 33.1. The van der Waals surface area contributed by atoms with E-state index in [1.807, 2.05) is 24.5 Å². The zero-order valence-electron chi connectivity index (χ0n) is 32.8. The highest BCUT2D eigenvalue weighted by molar-refractivity contribution is 6.23. The molecule has 8 aromatic carbocycles. The Labute approximate surface area is 351 Å². The standard InChI is InChI=1S/C52H30N10/c1-2-18-36-35(17-1)37-29-53-49(31-13-11-15-33(27-31)59-43-23-7-9-25-45(43)61-41-21-5-3-19-39(41)55-51(59)61)57-47(37)48-38(36)30-54-50(58-48)32-14-12-16-34(28-32)60-44-24-8-10-26-46(44)62-42-22-6-4-20-40(42)56-52(60)62/h1-30H. The predicted octanol–water partition coefficient (Wildman–Crippen LogP) is 11.5. The van der Waals surface area contributed by atoms with Gasteiger partial charge in [-0.2, -0.15) is 0 Å². The lowest BCUT2D eigenvalue weighted by Gasteiger charge is -2.12. The number of aromatic nitrogens is 10. The van der Waals surface area contributed by atoms with Crippen LogP contribution in [0.1, 0.15) is 0 Å². The lowest BCUT2D eigenvalue weighted by Crippen LogP contribution is -1.99. The third kappa shape index (κ3) is 4.57. The Balaban J connectivity index is 0.947. The van der Waals surface area contributed by atoms with Crippen molar-refractivity contribution in [1.29, 1.82) is 0 Å². The van der Waals surface area contributed by atoms with E-state index in [1.165, 1.54) is 0 Å². The van der Waals surface area contributed by atoms with E-state index >= 15 is 0 Å². The summed E-state index contributed by atoms with van der Waals surface area (Å²) >= 11 is 0. The molecule has 0 radical (unpaired) electrons. The van der Waals surface area contributed by atoms with Crippen molar-refractivity contribution < 1.29 is 0 Å². The largest absolute Gasteiger partial charge is 0.278 e. The van der Waals surface area contributed by atoms with Crippen molar-refractivity contribution in [3.05, 3.63) is 182 Å². The van der Waals surface area contributed by atoms with Gasteiger partial charge in [0.15, 0.2) is 11.6 Å². The van der Waals surface area contributed by atoms with Crippen molar-refractivity contribution in [2.75, 3.05) is 0 Å². The van der Waals surface area contributed by atoms with Crippen molar-refractivity contribution >= 4 is 88.3 Å². The summed E-state index contributed by atoms with van der Waals surface area (Å²) in [7, 11) is 0. The van der Waals surface area contributed by atoms with Crippen molar-refractivity contribution in [2.45, 2.75) is 0 Å². The molecule has 6 aromatic heterocycles. The number of hydrogen-bond donors (Lipinski definition) is 0. The molecule has 0 spiro atoms. The molecule has 0 saturated carbocycles. The number of para-hydroxylation sites is 8. The van der Waals surface area contributed by atoms with E-state index in [-0.39, 0.29) is 0 Å². The monoisotopic (exact) mass is 794 g/mol. The molecule has 0 fully saturated rings. The van der Waals surface area contributed by atoms with Gasteiger partial charge in [0.05, 0.1) is 44.1 Å². The Morgan fingerprint density at radius 1 is 0.323 bits per heavy atom. The van der Waals surface area contributed by atoms with E-state index in [4.69, 9.17) is 29.9 Å². The van der Waals surface area contributed by atoms with Crippen LogP contribution in [0.2, 0.25) is 0 Å². The predicted molar refractivity (Wildman–Crippen MR) is 247 cm³/mol. The van der Waals surface area contributed by atoms with Crippen LogP contribution in [0, 0.1) is 0 Å². The fourth-order valence-corrected chi connectivity index (χ4v) is 9.53. The molecule has 10 heteroatoms. The Bertz CT molecular complexity index is 3920. The van der Waals surface area contributed by atoms with Crippen molar-refractivity contribution in [3.8, 4) is 34.2 Å². The topological polar surface area (TPSA) is 96.0 Å². The molecule has 0 aliphatic heterocycles. The van der Waals surface area contributed by atoms with E-state index in [0.29, 0.717) is 11.6 Å². The maximum Gasteiger partial charge on any atom is 0.220 e. The summed E-state index contributed by atoms with van der Waals surface area (Å²) in [6.45, 7) is 0. The van der Waals surface area contributed by atoms with Gasteiger partial charge in [0, 0.05) is 45.7 Å². The summed E-state index contributed by atoms with van der Waals surface area (Å²) in [5.41, 5.74) is 13.6. The van der Waals surface area contributed by atoms with E-state index in [2.05, 4.69) is 176 Å². The summed E-state index contributed by atoms with van der Waals surface area (Å²) in [6.07, 6.45) is 3.88. The van der Waals surface area contributed by atoms with Gasteiger partial charge in [0.1, 0.15) is 11.0 Å². The lowest BCUT2D eigenvalue weighted by atomic mass is 10.0. The molecule has 14 aromatic rings. The number of hydrogen-bond acceptors (Lipinski definition) is 6. The molecule has 0 atom stereocenters. The molecule has 0 unspecified atom stereocenters. The summed E-state index contributed by atoms with van der Waals surface area (Å²) in [5, 5.41) is 3.97. The average molecular weight is 795 g/mol. The second-order valence-electron chi connectivity index (χ2n) is 15.7. The number of rotatable bonds is 4. The van der Waals surface area contributed by atoms with Crippen LogP contribution < -0.4 is 0 Å². The van der Waals surface area contributed by atoms with Crippen molar-refractivity contribution in [2.24, 2.45) is 0 Å². The number of imidazole rings is 4. The highest BCUT2D eigenvalue weighted by Crippen LogP contribution is 2.37. The molecule has 0 amide bonds. The third-order valence-corrected chi connectivity index (χ3v) is 12.2. The summed E-state index contributed by atoms with van der Waals surface area (Å²) in [5.74, 6) is 2.91. The van der Waals surface area contributed by atoms with Crippen LogP contribution >= 0.6 is 0 Å². The van der Waals surface area contributed by atoms with E-state index in [9.17, 15) is 0 Å². The Morgan fingerprint density at radius 2 is 0.726 bits per heavy atom. The minimum absolute atomic E-state index is 0.606. The molecule has 62 heavy (non-hydrogen) atoms. The van der Waals surface area contributed by atoms with Crippen LogP contribution in [0.25, 0.3) is 122 Å². The normalized spacial score (nSPS) is 12.2. The summed E-state index contributed by atoms with van der Waals surface area (Å²) in [4.78, 5) is 30.9. The van der Waals surface area contributed by atoms with Gasteiger partial charge in [-0.25, -0.2) is 29.9 Å². The van der Waals surface area contributed by atoms with Crippen LogP contribution in [0.15, 0.2) is 182 Å². The zero-order valence-corrected chi connectivity index (χ0v) is 32.8. The lowest BCUT2D eigenvalue weighted by molar-refractivity contribution is 1.11. The summed E-state index contributed by atoms with van der Waals surface area (Å²) < 4.78 is 8.89. The number of benzene rings is 8. The van der Waals surface area contributed by atoms with Crippen molar-refractivity contribution in [1.82, 2.24) is 47.8 Å². The third-order valence-electron chi connectivity index (χ3n) is 12.2. The van der Waals surface area contributed by atoms with Crippen LogP contribution in [-0.2, 0) is 0 Å². The molecule has 10 nitrogen and oxygen atoms in total. The number of fused-ring (bicyclic) bond motifs is 16. The molecule has 14 rings (SSSR count). The van der Waals surface area contributed by atoms with E-state index in [0.717, 1.165) is 111 Å². The molecule has 0 aliphatic carbocycles. The molecule has 6 heterocycles. The molecule has 0 saturated heterocycles. The molecule has 0 N–H and O–H groups in total. The van der Waals surface area contributed by atoms with Gasteiger partial charge >= 0.3 is 0 Å². The van der Waals surface area contributed by atoms with Crippen LogP contribution in [0.4, 0.5) is 0 Å². The van der Waals surface area contributed by atoms with E-state index in [1.54, 1.807) is 0 Å². The second-order valence-corrected chi connectivity index (χ2v) is 15.7.